The second-order valence-corrected chi connectivity index (χ2v) is 11.9. The van der Waals surface area contributed by atoms with Crippen LogP contribution < -0.4 is 14.8 Å². The predicted molar refractivity (Wildman–Crippen MR) is 170 cm³/mol. The molecule has 1 saturated carbocycles. The van der Waals surface area contributed by atoms with Crippen LogP contribution in [0.2, 0.25) is 0 Å². The van der Waals surface area contributed by atoms with E-state index in [2.05, 4.69) is 31.0 Å². The van der Waals surface area contributed by atoms with Gasteiger partial charge in [-0.3, -0.25) is 9.69 Å². The van der Waals surface area contributed by atoms with Crippen molar-refractivity contribution in [3.63, 3.8) is 0 Å². The van der Waals surface area contributed by atoms with Crippen LogP contribution >= 0.6 is 0 Å². The summed E-state index contributed by atoms with van der Waals surface area (Å²) in [7, 11) is 1.68. The lowest BCUT2D eigenvalue weighted by Crippen LogP contribution is -2.36. The van der Waals surface area contributed by atoms with E-state index in [4.69, 9.17) is 9.47 Å². The van der Waals surface area contributed by atoms with Gasteiger partial charge in [-0.2, -0.15) is 0 Å². The van der Waals surface area contributed by atoms with Gasteiger partial charge in [0.1, 0.15) is 6.61 Å². The van der Waals surface area contributed by atoms with Crippen LogP contribution in [0.25, 0.3) is 6.08 Å². The molecule has 0 radical (unpaired) electrons. The van der Waals surface area contributed by atoms with Crippen LogP contribution in [0.1, 0.15) is 129 Å². The van der Waals surface area contributed by atoms with E-state index in [1.165, 1.54) is 89.9 Å². The standard InChI is InChI=1S/C35H60N2O3/c1-5-7-9-11-13-15-25-37(26-16-14-12-10-8-6-2)27-28-40-33-23-19-31(29-34(33)39-4)20-24-35(38)36-32-21-17-30(3)18-22-32/h19-20,23-24,29-30,32H,5-18,21-22,25-28H2,1-4H3,(H,36,38)/b24-20+. The molecule has 0 heterocycles. The zero-order valence-electron chi connectivity index (χ0n) is 26.4. The molecule has 1 aromatic carbocycles. The minimum absolute atomic E-state index is 0.0188. The van der Waals surface area contributed by atoms with Gasteiger partial charge >= 0.3 is 0 Å². The summed E-state index contributed by atoms with van der Waals surface area (Å²) >= 11 is 0. The molecule has 0 atom stereocenters. The molecule has 0 bridgehead atoms. The summed E-state index contributed by atoms with van der Waals surface area (Å²) in [6.45, 7) is 10.8. The number of nitrogens with zero attached hydrogens (tertiary/aromatic N) is 1. The van der Waals surface area contributed by atoms with Crippen molar-refractivity contribution < 1.29 is 14.3 Å². The first-order valence-corrected chi connectivity index (χ1v) is 16.6. The van der Waals surface area contributed by atoms with Crippen LogP contribution in [0.15, 0.2) is 24.3 Å². The molecule has 1 N–H and O–H groups in total. The molecule has 5 nitrogen and oxygen atoms in total. The highest BCUT2D eigenvalue weighted by Gasteiger charge is 2.18. The summed E-state index contributed by atoms with van der Waals surface area (Å²) in [6, 6.07) is 6.21. The van der Waals surface area contributed by atoms with Crippen LogP contribution in [-0.2, 0) is 4.79 Å². The fraction of sp³-hybridized carbons (Fsp3) is 0.743. The zero-order valence-corrected chi connectivity index (χ0v) is 26.4. The molecular formula is C35H60N2O3. The molecule has 1 amide bonds. The number of hydrogen-bond donors (Lipinski definition) is 1. The Bertz CT molecular complexity index is 801. The number of hydrogen-bond acceptors (Lipinski definition) is 4. The maximum absolute atomic E-state index is 12.4. The highest BCUT2D eigenvalue weighted by molar-refractivity contribution is 5.92. The quantitative estimate of drug-likeness (QED) is 0.114. The van der Waals surface area contributed by atoms with Gasteiger partial charge in [-0.05, 0) is 81.3 Å². The second kappa shape index (κ2) is 21.7. The van der Waals surface area contributed by atoms with Crippen molar-refractivity contribution in [2.45, 2.75) is 130 Å². The van der Waals surface area contributed by atoms with Crippen molar-refractivity contribution in [3.05, 3.63) is 29.8 Å². The topological polar surface area (TPSA) is 50.8 Å². The number of rotatable bonds is 22. The molecule has 1 aliphatic carbocycles. The Morgan fingerprint density at radius 2 is 1.45 bits per heavy atom. The lowest BCUT2D eigenvalue weighted by molar-refractivity contribution is -0.117. The Balaban J connectivity index is 1.81. The van der Waals surface area contributed by atoms with Gasteiger partial charge in [0, 0.05) is 18.7 Å². The maximum Gasteiger partial charge on any atom is 0.244 e. The van der Waals surface area contributed by atoms with Gasteiger partial charge in [-0.15, -0.1) is 0 Å². The van der Waals surface area contributed by atoms with Gasteiger partial charge in [0.25, 0.3) is 0 Å². The largest absolute Gasteiger partial charge is 0.493 e. The normalized spacial score (nSPS) is 17.4. The Hall–Kier alpha value is -2.01. The molecule has 2 rings (SSSR count). The summed E-state index contributed by atoms with van der Waals surface area (Å²) in [6.07, 6.45) is 24.0. The molecule has 1 aromatic rings. The number of ether oxygens (including phenoxy) is 2. The highest BCUT2D eigenvalue weighted by atomic mass is 16.5. The first-order valence-electron chi connectivity index (χ1n) is 16.6. The fourth-order valence-electron chi connectivity index (χ4n) is 5.58. The molecule has 0 saturated heterocycles. The number of benzene rings is 1. The number of nitrogens with one attached hydrogen (secondary N) is 1. The van der Waals surface area contributed by atoms with Gasteiger partial charge in [0.05, 0.1) is 7.11 Å². The average Bonchev–Trinajstić information content (AvgIpc) is 2.96. The van der Waals surface area contributed by atoms with Gasteiger partial charge in [0.2, 0.25) is 5.91 Å². The van der Waals surface area contributed by atoms with Crippen LogP contribution in [-0.4, -0.2) is 50.2 Å². The minimum atomic E-state index is -0.0188. The lowest BCUT2D eigenvalue weighted by Gasteiger charge is -2.26. The number of methoxy groups -OCH3 is 1. The van der Waals surface area contributed by atoms with Crippen LogP contribution in [0.5, 0.6) is 11.5 Å². The number of carbonyl (C=O) groups is 1. The fourth-order valence-corrected chi connectivity index (χ4v) is 5.58. The van der Waals surface area contributed by atoms with E-state index in [-0.39, 0.29) is 5.91 Å². The molecule has 0 aliphatic heterocycles. The zero-order chi connectivity index (χ0) is 28.8. The SMILES string of the molecule is CCCCCCCCN(CCCCCCCC)CCOc1ccc(/C=C/C(=O)NC2CCC(C)CC2)cc1OC. The van der Waals surface area contributed by atoms with Crippen molar-refractivity contribution in [3.8, 4) is 11.5 Å². The average molecular weight is 557 g/mol. The van der Waals surface area contributed by atoms with Gasteiger partial charge < -0.3 is 14.8 Å². The molecule has 1 fully saturated rings. The number of amides is 1. The summed E-state index contributed by atoms with van der Waals surface area (Å²) < 4.78 is 11.8. The van der Waals surface area contributed by atoms with Gasteiger partial charge in [0.15, 0.2) is 11.5 Å². The molecule has 0 unspecified atom stereocenters. The monoisotopic (exact) mass is 556 g/mol. The lowest BCUT2D eigenvalue weighted by atomic mass is 9.87. The van der Waals surface area contributed by atoms with E-state index >= 15 is 0 Å². The first-order chi connectivity index (χ1) is 19.5. The summed E-state index contributed by atoms with van der Waals surface area (Å²) in [5.74, 6) is 2.23. The molecule has 40 heavy (non-hydrogen) atoms. The molecule has 0 spiro atoms. The third kappa shape index (κ3) is 15.1. The third-order valence-corrected chi connectivity index (χ3v) is 8.30. The second-order valence-electron chi connectivity index (χ2n) is 11.9. The van der Waals surface area contributed by atoms with Crippen LogP contribution in [0.4, 0.5) is 0 Å². The molecule has 228 valence electrons. The summed E-state index contributed by atoms with van der Waals surface area (Å²) in [5, 5.41) is 3.16. The molecular weight excluding hydrogens is 496 g/mol. The Labute approximate surface area is 246 Å². The van der Waals surface area contributed by atoms with E-state index in [0.29, 0.717) is 18.4 Å². The van der Waals surface area contributed by atoms with Crippen molar-refractivity contribution in [1.82, 2.24) is 10.2 Å². The maximum atomic E-state index is 12.4. The van der Waals surface area contributed by atoms with E-state index in [1.807, 2.05) is 24.3 Å². The van der Waals surface area contributed by atoms with Crippen molar-refractivity contribution in [1.29, 1.82) is 0 Å². The van der Waals surface area contributed by atoms with Crippen molar-refractivity contribution >= 4 is 12.0 Å². The van der Waals surface area contributed by atoms with Gasteiger partial charge in [-0.1, -0.05) is 91.0 Å². The third-order valence-electron chi connectivity index (χ3n) is 8.30. The number of carbonyl (C=O) groups excluding carboxylic acids is 1. The molecule has 5 heteroatoms. The smallest absolute Gasteiger partial charge is 0.244 e. The summed E-state index contributed by atoms with van der Waals surface area (Å²) in [5.41, 5.74) is 0.935. The van der Waals surface area contributed by atoms with E-state index in [1.54, 1.807) is 13.2 Å². The summed E-state index contributed by atoms with van der Waals surface area (Å²) in [4.78, 5) is 15.0. The first kappa shape index (κ1) is 34.2. The molecule has 0 aromatic heterocycles. The minimum Gasteiger partial charge on any atom is -0.493 e. The van der Waals surface area contributed by atoms with E-state index in [9.17, 15) is 4.79 Å². The van der Waals surface area contributed by atoms with Crippen LogP contribution in [0.3, 0.4) is 0 Å². The van der Waals surface area contributed by atoms with Crippen molar-refractivity contribution in [2.75, 3.05) is 33.4 Å². The Kier molecular flexibility index (Phi) is 18.5. The van der Waals surface area contributed by atoms with E-state index < -0.39 is 0 Å². The molecule has 1 aliphatic rings. The Morgan fingerprint density at radius 1 is 0.850 bits per heavy atom. The van der Waals surface area contributed by atoms with Gasteiger partial charge in [-0.25, -0.2) is 0 Å². The van der Waals surface area contributed by atoms with Crippen molar-refractivity contribution in [2.24, 2.45) is 5.92 Å². The van der Waals surface area contributed by atoms with Crippen LogP contribution in [0, 0.1) is 5.92 Å². The highest BCUT2D eigenvalue weighted by Crippen LogP contribution is 2.29. The van der Waals surface area contributed by atoms with E-state index in [0.717, 1.165) is 49.7 Å². The predicted octanol–water partition coefficient (Wildman–Crippen LogP) is 8.81. The number of unbranched alkanes of at least 4 members (excludes halogenated alkanes) is 10. The Morgan fingerprint density at radius 3 is 2.05 bits per heavy atom.